The quantitative estimate of drug-likeness (QED) is 0.727. The lowest BCUT2D eigenvalue weighted by molar-refractivity contribution is 0.0554. The van der Waals surface area contributed by atoms with E-state index in [1.165, 1.54) is 5.54 Å². The first-order chi connectivity index (χ1) is 14.5. The Hall–Kier alpha value is -2.86. The van der Waals surface area contributed by atoms with Crippen LogP contribution in [0.25, 0.3) is 0 Å². The lowest BCUT2D eigenvalue weighted by atomic mass is 9.81. The van der Waals surface area contributed by atoms with Crippen LogP contribution in [0.4, 0.5) is 0 Å². The summed E-state index contributed by atoms with van der Waals surface area (Å²) in [5.74, 6) is 2.58. The van der Waals surface area contributed by atoms with Crippen LogP contribution in [-0.2, 0) is 6.42 Å². The Morgan fingerprint density at radius 3 is 2.63 bits per heavy atom. The second-order valence-electron chi connectivity index (χ2n) is 7.64. The molecule has 2 aromatic carbocycles. The number of ketones is 1. The van der Waals surface area contributed by atoms with Gasteiger partial charge in [0.1, 0.15) is 36.1 Å². The van der Waals surface area contributed by atoms with E-state index >= 15 is 0 Å². The number of rotatable bonds is 3. The van der Waals surface area contributed by atoms with Gasteiger partial charge in [0.2, 0.25) is 0 Å². The van der Waals surface area contributed by atoms with Gasteiger partial charge >= 0.3 is 0 Å². The molecule has 3 heterocycles. The minimum Gasteiger partial charge on any atom is -0.493 e. The van der Waals surface area contributed by atoms with Crippen molar-refractivity contribution in [1.82, 2.24) is 0 Å². The highest BCUT2D eigenvalue weighted by Gasteiger charge is 2.45. The minimum atomic E-state index is -0.471. The first kappa shape index (κ1) is 19.1. The molecule has 3 aliphatic rings. The SMILES string of the molecule is COc1cc2c(cc1OC)C1C(=O)c3ccc4c(c3OC1CO2)C[C@@H](/C(C)=C/Cl)O4. The Kier molecular flexibility index (Phi) is 4.54. The molecule has 0 N–H and O–H groups in total. The molecule has 3 atom stereocenters. The summed E-state index contributed by atoms with van der Waals surface area (Å²) in [6.07, 6.45) is 0.0343. The summed E-state index contributed by atoms with van der Waals surface area (Å²) in [5.41, 5.74) is 4.67. The number of Topliss-reactive ketones (excluding diaryl/α,β-unsaturated/α-hetero) is 1. The van der Waals surface area contributed by atoms with Crippen molar-refractivity contribution in [3.8, 4) is 28.7 Å². The van der Waals surface area contributed by atoms with Gasteiger partial charge in [-0.1, -0.05) is 11.6 Å². The van der Waals surface area contributed by atoms with E-state index in [1.54, 1.807) is 32.4 Å². The van der Waals surface area contributed by atoms with E-state index in [0.29, 0.717) is 35.0 Å². The highest BCUT2D eigenvalue weighted by Crippen LogP contribution is 2.49. The number of halogens is 1. The molecule has 0 bridgehead atoms. The van der Waals surface area contributed by atoms with E-state index in [-0.39, 0.29) is 18.5 Å². The summed E-state index contributed by atoms with van der Waals surface area (Å²) in [6, 6.07) is 7.19. The van der Waals surface area contributed by atoms with E-state index in [0.717, 1.165) is 22.4 Å². The molecule has 2 aromatic rings. The average Bonchev–Trinajstić information content (AvgIpc) is 3.22. The second kappa shape index (κ2) is 7.13. The van der Waals surface area contributed by atoms with Crippen molar-refractivity contribution in [2.45, 2.75) is 31.5 Å². The summed E-state index contributed by atoms with van der Waals surface area (Å²) in [6.45, 7) is 2.19. The third-order valence-corrected chi connectivity index (χ3v) is 6.34. The minimum absolute atomic E-state index is 0.00822. The highest BCUT2D eigenvalue weighted by molar-refractivity contribution is 6.25. The normalized spacial score (nSPS) is 23.8. The van der Waals surface area contributed by atoms with Gasteiger partial charge in [-0.05, 0) is 30.7 Å². The van der Waals surface area contributed by atoms with Crippen molar-refractivity contribution in [2.75, 3.05) is 20.8 Å². The molecule has 0 aromatic heterocycles. The Balaban J connectivity index is 1.56. The molecule has 0 amide bonds. The predicted octanol–water partition coefficient (Wildman–Crippen LogP) is 4.27. The predicted molar refractivity (Wildman–Crippen MR) is 111 cm³/mol. The molecule has 6 nitrogen and oxygen atoms in total. The zero-order chi connectivity index (χ0) is 21.0. The smallest absolute Gasteiger partial charge is 0.178 e. The maximum absolute atomic E-state index is 13.6. The van der Waals surface area contributed by atoms with Crippen LogP contribution in [0.3, 0.4) is 0 Å². The Morgan fingerprint density at radius 2 is 1.90 bits per heavy atom. The van der Waals surface area contributed by atoms with Gasteiger partial charge in [0.15, 0.2) is 17.3 Å². The van der Waals surface area contributed by atoms with Crippen LogP contribution in [0.5, 0.6) is 28.7 Å². The molecule has 156 valence electrons. The molecule has 0 aliphatic carbocycles. The molecule has 0 saturated heterocycles. The number of methoxy groups -OCH3 is 2. The van der Waals surface area contributed by atoms with Crippen molar-refractivity contribution in [3.05, 3.63) is 52.1 Å². The van der Waals surface area contributed by atoms with Gasteiger partial charge < -0.3 is 23.7 Å². The maximum Gasteiger partial charge on any atom is 0.178 e. The van der Waals surface area contributed by atoms with Gasteiger partial charge in [0.25, 0.3) is 0 Å². The Labute approximate surface area is 179 Å². The zero-order valence-electron chi connectivity index (χ0n) is 16.9. The molecule has 0 radical (unpaired) electrons. The van der Waals surface area contributed by atoms with E-state index in [9.17, 15) is 4.79 Å². The first-order valence-corrected chi connectivity index (χ1v) is 10.2. The average molecular weight is 429 g/mol. The fourth-order valence-electron chi connectivity index (χ4n) is 4.39. The summed E-state index contributed by atoms with van der Waals surface area (Å²) >= 11 is 5.86. The van der Waals surface area contributed by atoms with Gasteiger partial charge in [-0.25, -0.2) is 0 Å². The van der Waals surface area contributed by atoms with Crippen LogP contribution in [0.15, 0.2) is 35.4 Å². The van der Waals surface area contributed by atoms with Crippen molar-refractivity contribution >= 4 is 17.4 Å². The van der Waals surface area contributed by atoms with E-state index in [4.69, 9.17) is 35.3 Å². The molecule has 0 saturated carbocycles. The Morgan fingerprint density at radius 1 is 1.13 bits per heavy atom. The van der Waals surface area contributed by atoms with E-state index < -0.39 is 12.0 Å². The third-order valence-electron chi connectivity index (χ3n) is 6.00. The number of hydrogen-bond donors (Lipinski definition) is 0. The molecular weight excluding hydrogens is 408 g/mol. The standard InChI is InChI=1S/C23H21ClO6/c1-11(9-24)16-7-14-15(29-16)5-4-12-22(25)21-13-6-18(26-2)19(27-3)8-17(13)28-10-20(21)30-23(12)14/h4-6,8-9,16,20-21H,7,10H2,1-3H3/b11-9+/t16-,20?,21?/m0/s1. The summed E-state index contributed by atoms with van der Waals surface area (Å²) in [5, 5.41) is 0. The topological polar surface area (TPSA) is 63.2 Å². The van der Waals surface area contributed by atoms with Crippen LogP contribution in [-0.4, -0.2) is 38.8 Å². The van der Waals surface area contributed by atoms with Gasteiger partial charge in [0.05, 0.1) is 25.7 Å². The van der Waals surface area contributed by atoms with Crippen LogP contribution in [0.1, 0.15) is 34.3 Å². The summed E-state index contributed by atoms with van der Waals surface area (Å²) in [7, 11) is 3.13. The fraction of sp³-hybridized carbons (Fsp3) is 0.348. The molecular formula is C23H21ClO6. The van der Waals surface area contributed by atoms with Crippen LogP contribution >= 0.6 is 11.6 Å². The van der Waals surface area contributed by atoms with Crippen LogP contribution in [0, 0.1) is 0 Å². The first-order valence-electron chi connectivity index (χ1n) is 9.74. The molecule has 0 fully saturated rings. The van der Waals surface area contributed by atoms with Crippen LogP contribution < -0.4 is 23.7 Å². The summed E-state index contributed by atoms with van der Waals surface area (Å²) < 4.78 is 29.1. The Bertz CT molecular complexity index is 1080. The van der Waals surface area contributed by atoms with Crippen LogP contribution in [0.2, 0.25) is 0 Å². The molecule has 3 aliphatic heterocycles. The fourth-order valence-corrected chi connectivity index (χ4v) is 4.53. The van der Waals surface area contributed by atoms with Crippen molar-refractivity contribution < 1.29 is 28.5 Å². The molecule has 7 heteroatoms. The van der Waals surface area contributed by atoms with Crippen molar-refractivity contribution in [2.24, 2.45) is 0 Å². The van der Waals surface area contributed by atoms with E-state index in [1.807, 2.05) is 13.0 Å². The molecule has 5 rings (SSSR count). The number of ether oxygens (including phenoxy) is 5. The molecule has 30 heavy (non-hydrogen) atoms. The van der Waals surface area contributed by atoms with E-state index in [2.05, 4.69) is 0 Å². The largest absolute Gasteiger partial charge is 0.493 e. The maximum atomic E-state index is 13.6. The number of fused-ring (bicyclic) bond motifs is 6. The van der Waals surface area contributed by atoms with Gasteiger partial charge in [-0.15, -0.1) is 0 Å². The van der Waals surface area contributed by atoms with Gasteiger partial charge in [-0.2, -0.15) is 0 Å². The number of carbonyl (C=O) groups is 1. The highest BCUT2D eigenvalue weighted by atomic mass is 35.5. The van der Waals surface area contributed by atoms with Gasteiger partial charge in [-0.3, -0.25) is 4.79 Å². The molecule has 2 unspecified atom stereocenters. The number of carbonyl (C=O) groups excluding carboxylic acids is 1. The van der Waals surface area contributed by atoms with Crippen molar-refractivity contribution in [1.29, 1.82) is 0 Å². The van der Waals surface area contributed by atoms with Crippen molar-refractivity contribution in [3.63, 3.8) is 0 Å². The molecule has 0 spiro atoms. The lowest BCUT2D eigenvalue weighted by Gasteiger charge is -2.37. The number of benzene rings is 2. The van der Waals surface area contributed by atoms with Gasteiger partial charge in [0, 0.05) is 29.1 Å². The number of hydrogen-bond acceptors (Lipinski definition) is 6. The monoisotopic (exact) mass is 428 g/mol. The zero-order valence-corrected chi connectivity index (χ0v) is 17.6. The summed E-state index contributed by atoms with van der Waals surface area (Å²) in [4.78, 5) is 13.6. The second-order valence-corrected chi connectivity index (χ2v) is 7.86. The lowest BCUT2D eigenvalue weighted by Crippen LogP contribution is -2.43. The third kappa shape index (κ3) is 2.74.